The van der Waals surface area contributed by atoms with Gasteiger partial charge in [-0.05, 0) is 50.4 Å². The molecule has 110 valence electrons. The van der Waals surface area contributed by atoms with Crippen LogP contribution in [0.2, 0.25) is 0 Å². The van der Waals surface area contributed by atoms with Gasteiger partial charge in [0.2, 0.25) is 5.91 Å². The summed E-state index contributed by atoms with van der Waals surface area (Å²) in [5.41, 5.74) is 8.30. The number of nitrogens with two attached hydrogens (primary N) is 1. The van der Waals surface area contributed by atoms with E-state index in [9.17, 15) is 4.79 Å². The monoisotopic (exact) mass is 275 g/mol. The first-order chi connectivity index (χ1) is 9.56. The van der Waals surface area contributed by atoms with Gasteiger partial charge in [0.05, 0.1) is 0 Å². The normalized spacial score (nSPS) is 15.2. The number of nitrogen functional groups attached to an aromatic ring is 1. The molecular weight excluding hydrogens is 250 g/mol. The van der Waals surface area contributed by atoms with Gasteiger partial charge < -0.3 is 16.0 Å². The van der Waals surface area contributed by atoms with Gasteiger partial charge in [0, 0.05) is 30.9 Å². The molecule has 20 heavy (non-hydrogen) atoms. The van der Waals surface area contributed by atoms with Gasteiger partial charge in [0.1, 0.15) is 0 Å². The smallest absolute Gasteiger partial charge is 0.225 e. The van der Waals surface area contributed by atoms with E-state index in [1.165, 1.54) is 19.3 Å². The van der Waals surface area contributed by atoms with Gasteiger partial charge in [-0.25, -0.2) is 0 Å². The van der Waals surface area contributed by atoms with Gasteiger partial charge in [0.15, 0.2) is 0 Å². The van der Waals surface area contributed by atoms with Crippen molar-refractivity contribution in [3.05, 3.63) is 23.8 Å². The maximum Gasteiger partial charge on any atom is 0.225 e. The van der Waals surface area contributed by atoms with Crippen molar-refractivity contribution in [1.82, 2.24) is 4.90 Å². The van der Waals surface area contributed by atoms with E-state index >= 15 is 0 Å². The Morgan fingerprint density at radius 1 is 1.45 bits per heavy atom. The summed E-state index contributed by atoms with van der Waals surface area (Å²) in [5, 5.41) is 2.94. The number of carbonyl (C=O) groups excluding carboxylic acids is 1. The average molecular weight is 275 g/mol. The molecule has 4 heteroatoms. The van der Waals surface area contributed by atoms with E-state index in [2.05, 4.69) is 17.3 Å². The Hall–Kier alpha value is -1.55. The first-order valence-electron chi connectivity index (χ1n) is 7.39. The molecule has 1 saturated carbocycles. The van der Waals surface area contributed by atoms with Gasteiger partial charge in [0.25, 0.3) is 0 Å². The quantitative estimate of drug-likeness (QED) is 0.785. The zero-order chi connectivity index (χ0) is 14.5. The van der Waals surface area contributed by atoms with Crippen LogP contribution in [0.1, 0.15) is 31.2 Å². The number of rotatable bonds is 6. The molecule has 0 saturated heterocycles. The number of amides is 1. The first-order valence-corrected chi connectivity index (χ1v) is 7.39. The summed E-state index contributed by atoms with van der Waals surface area (Å²) in [6.45, 7) is 3.85. The number of benzene rings is 1. The molecule has 1 aromatic rings. The molecule has 4 nitrogen and oxygen atoms in total. The number of hydrogen-bond acceptors (Lipinski definition) is 3. The fourth-order valence-electron chi connectivity index (χ4n) is 2.50. The molecule has 0 unspecified atom stereocenters. The second kappa shape index (κ2) is 6.75. The van der Waals surface area contributed by atoms with E-state index < -0.39 is 0 Å². The van der Waals surface area contributed by atoms with E-state index in [-0.39, 0.29) is 5.91 Å². The summed E-state index contributed by atoms with van der Waals surface area (Å²) in [7, 11) is 2.09. The molecule has 3 N–H and O–H groups in total. The minimum atomic E-state index is 0.0548. The largest absolute Gasteiger partial charge is 0.398 e. The Kier molecular flexibility index (Phi) is 5.01. The number of anilines is 2. The summed E-state index contributed by atoms with van der Waals surface area (Å²) >= 11 is 0. The second-order valence-corrected chi connectivity index (χ2v) is 5.88. The van der Waals surface area contributed by atoms with Gasteiger partial charge in [-0.3, -0.25) is 4.79 Å². The third kappa shape index (κ3) is 3.97. The van der Waals surface area contributed by atoms with Crippen molar-refractivity contribution >= 4 is 17.3 Å². The van der Waals surface area contributed by atoms with Crippen molar-refractivity contribution in [3.8, 4) is 0 Å². The lowest BCUT2D eigenvalue weighted by Gasteiger charge is -2.30. The lowest BCUT2D eigenvalue weighted by atomic mass is 9.85. The third-order valence-electron chi connectivity index (χ3n) is 4.16. The Morgan fingerprint density at radius 2 is 2.20 bits per heavy atom. The summed E-state index contributed by atoms with van der Waals surface area (Å²) in [4.78, 5) is 14.2. The van der Waals surface area contributed by atoms with E-state index in [0.717, 1.165) is 30.3 Å². The topological polar surface area (TPSA) is 58.4 Å². The molecule has 0 aromatic heterocycles. The summed E-state index contributed by atoms with van der Waals surface area (Å²) in [6.07, 6.45) is 4.59. The Bertz CT molecular complexity index is 469. The van der Waals surface area contributed by atoms with Crippen molar-refractivity contribution in [2.24, 2.45) is 5.92 Å². The molecule has 0 spiro atoms. The molecule has 1 aliphatic rings. The zero-order valence-electron chi connectivity index (χ0n) is 12.5. The molecule has 2 rings (SSSR count). The molecule has 1 amide bonds. The number of nitrogens with zero attached hydrogens (tertiary/aromatic N) is 1. The summed E-state index contributed by atoms with van der Waals surface area (Å²) in [5.74, 6) is 0.901. The highest BCUT2D eigenvalue weighted by atomic mass is 16.1. The lowest BCUT2D eigenvalue weighted by molar-refractivity contribution is -0.116. The maximum atomic E-state index is 12.0. The predicted octanol–water partition coefficient (Wildman–Crippen LogP) is 2.64. The van der Waals surface area contributed by atoms with Crippen molar-refractivity contribution < 1.29 is 4.79 Å². The fraction of sp³-hybridized carbons (Fsp3) is 0.562. The number of hydrogen-bond donors (Lipinski definition) is 2. The summed E-state index contributed by atoms with van der Waals surface area (Å²) < 4.78 is 0. The molecule has 0 bridgehead atoms. The van der Waals surface area contributed by atoms with Crippen LogP contribution in [0, 0.1) is 12.8 Å². The molecule has 0 atom stereocenters. The zero-order valence-corrected chi connectivity index (χ0v) is 12.5. The average Bonchev–Trinajstić information content (AvgIpc) is 2.37. The Labute approximate surface area is 121 Å². The Morgan fingerprint density at radius 3 is 2.85 bits per heavy atom. The van der Waals surface area contributed by atoms with Gasteiger partial charge in [-0.1, -0.05) is 12.5 Å². The van der Waals surface area contributed by atoms with Gasteiger partial charge in [-0.2, -0.15) is 0 Å². The van der Waals surface area contributed by atoms with Crippen LogP contribution < -0.4 is 11.1 Å². The highest BCUT2D eigenvalue weighted by molar-refractivity contribution is 5.92. The van der Waals surface area contributed by atoms with Crippen molar-refractivity contribution in [2.45, 2.75) is 32.6 Å². The SMILES string of the molecule is Cc1c(N)cccc1NC(=O)CCN(C)CC1CCC1. The number of carbonyl (C=O) groups is 1. The molecule has 1 fully saturated rings. The van der Waals surface area contributed by atoms with Crippen LogP contribution >= 0.6 is 0 Å². The molecule has 0 aliphatic heterocycles. The van der Waals surface area contributed by atoms with E-state index in [1.54, 1.807) is 0 Å². The van der Waals surface area contributed by atoms with Crippen LogP contribution in [-0.2, 0) is 4.79 Å². The highest BCUT2D eigenvalue weighted by Crippen LogP contribution is 2.26. The van der Waals surface area contributed by atoms with Crippen LogP contribution in [0.5, 0.6) is 0 Å². The van der Waals surface area contributed by atoms with Crippen molar-refractivity contribution in [1.29, 1.82) is 0 Å². The molecule has 1 aliphatic carbocycles. The minimum absolute atomic E-state index is 0.0548. The van der Waals surface area contributed by atoms with Crippen LogP contribution in [0.25, 0.3) is 0 Å². The van der Waals surface area contributed by atoms with Crippen molar-refractivity contribution in [2.75, 3.05) is 31.2 Å². The predicted molar refractivity (Wildman–Crippen MR) is 83.7 cm³/mol. The molecular formula is C16H25N3O. The van der Waals surface area contributed by atoms with Crippen LogP contribution in [0.15, 0.2) is 18.2 Å². The maximum absolute atomic E-state index is 12.0. The summed E-state index contributed by atoms with van der Waals surface area (Å²) in [6, 6.07) is 5.60. The van der Waals surface area contributed by atoms with E-state index in [0.29, 0.717) is 12.1 Å². The first kappa shape index (κ1) is 14.9. The van der Waals surface area contributed by atoms with Gasteiger partial charge >= 0.3 is 0 Å². The van der Waals surface area contributed by atoms with Crippen LogP contribution in [0.4, 0.5) is 11.4 Å². The second-order valence-electron chi connectivity index (χ2n) is 5.88. The standard InChI is InChI=1S/C16H25N3O/c1-12-14(17)7-4-8-15(12)18-16(20)9-10-19(2)11-13-5-3-6-13/h4,7-8,13H,3,5-6,9-11,17H2,1-2H3,(H,18,20). The fourth-order valence-corrected chi connectivity index (χ4v) is 2.50. The van der Waals surface area contributed by atoms with Crippen molar-refractivity contribution in [3.63, 3.8) is 0 Å². The lowest BCUT2D eigenvalue weighted by Crippen LogP contribution is -2.31. The third-order valence-corrected chi connectivity index (χ3v) is 4.16. The van der Waals surface area contributed by atoms with E-state index in [1.807, 2.05) is 25.1 Å². The van der Waals surface area contributed by atoms with Crippen LogP contribution in [0.3, 0.4) is 0 Å². The highest BCUT2D eigenvalue weighted by Gasteiger charge is 2.19. The van der Waals surface area contributed by atoms with Crippen LogP contribution in [-0.4, -0.2) is 30.9 Å². The van der Waals surface area contributed by atoms with Gasteiger partial charge in [-0.15, -0.1) is 0 Å². The molecule has 0 radical (unpaired) electrons. The Balaban J connectivity index is 1.75. The minimum Gasteiger partial charge on any atom is -0.398 e. The molecule has 1 aromatic carbocycles. The van der Waals surface area contributed by atoms with E-state index in [4.69, 9.17) is 5.73 Å². The molecule has 0 heterocycles. The number of nitrogens with one attached hydrogen (secondary N) is 1.